The first-order chi connectivity index (χ1) is 14.7. The molecule has 2 heterocycles. The topological polar surface area (TPSA) is 52.0 Å². The van der Waals surface area contributed by atoms with E-state index in [9.17, 15) is 0 Å². The highest BCUT2D eigenvalue weighted by Crippen LogP contribution is 2.38. The summed E-state index contributed by atoms with van der Waals surface area (Å²) in [5.74, 6) is 0. The van der Waals surface area contributed by atoms with Crippen molar-refractivity contribution in [3.8, 4) is 41.8 Å². The van der Waals surface area contributed by atoms with Crippen LogP contribution in [0.25, 0.3) is 41.8 Å². The lowest BCUT2D eigenvalue weighted by Gasteiger charge is -2.02. The molecule has 0 saturated heterocycles. The van der Waals surface area contributed by atoms with E-state index in [1.807, 2.05) is 24.3 Å². The zero-order chi connectivity index (χ0) is 20.5. The number of rotatable bonds is 4. The lowest BCUT2D eigenvalue weighted by Crippen LogP contribution is -1.82. The average molecular weight is 425 g/mol. The summed E-state index contributed by atoms with van der Waals surface area (Å²) in [4.78, 5) is 5.03. The number of hydrogen-bond donors (Lipinski definition) is 2. The molecule has 3 aromatic carbocycles. The van der Waals surface area contributed by atoms with Crippen molar-refractivity contribution in [3.63, 3.8) is 0 Å². The van der Waals surface area contributed by atoms with Crippen molar-refractivity contribution in [2.75, 3.05) is 11.5 Å². The van der Waals surface area contributed by atoms with Gasteiger partial charge in [-0.1, -0.05) is 48.5 Å². The zero-order valence-corrected chi connectivity index (χ0v) is 17.8. The molecule has 4 heteroatoms. The number of nitrogens with two attached hydrogens (primary N) is 2. The molecule has 0 saturated carbocycles. The Morgan fingerprint density at radius 3 is 0.833 bits per heavy atom. The zero-order valence-electron chi connectivity index (χ0n) is 16.2. The van der Waals surface area contributed by atoms with Crippen molar-refractivity contribution in [2.45, 2.75) is 0 Å². The van der Waals surface area contributed by atoms with Gasteiger partial charge < -0.3 is 11.5 Å². The smallest absolute Gasteiger partial charge is 0.0349 e. The predicted octanol–water partition coefficient (Wildman–Crippen LogP) is 7.64. The maximum atomic E-state index is 5.80. The molecule has 0 unspecified atom stereocenters. The molecule has 0 spiro atoms. The van der Waals surface area contributed by atoms with E-state index in [4.69, 9.17) is 11.5 Å². The molecule has 146 valence electrons. The van der Waals surface area contributed by atoms with Gasteiger partial charge in [0.1, 0.15) is 0 Å². The Labute approximate surface area is 184 Å². The number of anilines is 2. The molecule has 0 bridgehead atoms. The molecule has 0 fully saturated rings. The van der Waals surface area contributed by atoms with Crippen LogP contribution < -0.4 is 11.5 Å². The van der Waals surface area contributed by atoms with Crippen molar-refractivity contribution in [1.29, 1.82) is 0 Å². The third-order valence-corrected chi connectivity index (χ3v) is 7.42. The first kappa shape index (κ1) is 18.7. The molecule has 0 aliphatic carbocycles. The second-order valence-corrected chi connectivity index (χ2v) is 9.32. The Bertz CT molecular complexity index is 1180. The van der Waals surface area contributed by atoms with Gasteiger partial charge in [0.2, 0.25) is 0 Å². The van der Waals surface area contributed by atoms with E-state index in [-0.39, 0.29) is 0 Å². The summed E-state index contributed by atoms with van der Waals surface area (Å²) in [6, 6.07) is 33.6. The van der Waals surface area contributed by atoms with Gasteiger partial charge in [-0.2, -0.15) is 0 Å². The number of benzene rings is 3. The van der Waals surface area contributed by atoms with Gasteiger partial charge in [0.05, 0.1) is 0 Å². The summed E-state index contributed by atoms with van der Waals surface area (Å²) in [6.07, 6.45) is 0. The number of nitrogen functional groups attached to an aromatic ring is 2. The highest BCUT2D eigenvalue weighted by Gasteiger charge is 2.08. The van der Waals surface area contributed by atoms with Gasteiger partial charge >= 0.3 is 0 Å². The second-order valence-electron chi connectivity index (χ2n) is 7.15. The molecule has 0 aliphatic rings. The Hall–Kier alpha value is -3.34. The third-order valence-electron chi connectivity index (χ3n) is 5.06. The molecule has 5 aromatic rings. The van der Waals surface area contributed by atoms with E-state index < -0.39 is 0 Å². The fraction of sp³-hybridized carbons (Fsp3) is 0. The van der Waals surface area contributed by atoms with Crippen molar-refractivity contribution in [1.82, 2.24) is 0 Å². The molecule has 4 N–H and O–H groups in total. The summed E-state index contributed by atoms with van der Waals surface area (Å²) in [5, 5.41) is 0. The minimum atomic E-state index is 0.791. The normalized spacial score (nSPS) is 10.9. The standard InChI is InChI=1S/C26H20N2S2/c27-21-9-5-19(6-10-21)25-15-13-23(29-25)17-1-2-18(4-3-17)24-14-16-26(30-24)20-7-11-22(28)12-8-20/h1-16H,27-28H2. The molecule has 30 heavy (non-hydrogen) atoms. The average Bonchev–Trinajstić information content (AvgIpc) is 3.45. The van der Waals surface area contributed by atoms with E-state index in [1.54, 1.807) is 22.7 Å². The van der Waals surface area contributed by atoms with Crippen LogP contribution in [0.2, 0.25) is 0 Å². The Morgan fingerprint density at radius 2 is 0.567 bits per heavy atom. The van der Waals surface area contributed by atoms with Gasteiger partial charge in [0.15, 0.2) is 0 Å². The second kappa shape index (κ2) is 7.82. The predicted molar refractivity (Wildman–Crippen MR) is 133 cm³/mol. The molecule has 2 nitrogen and oxygen atoms in total. The van der Waals surface area contributed by atoms with E-state index in [2.05, 4.69) is 72.8 Å². The number of thiophene rings is 2. The molecule has 0 radical (unpaired) electrons. The van der Waals surface area contributed by atoms with Crippen LogP contribution in [0.4, 0.5) is 11.4 Å². The van der Waals surface area contributed by atoms with Crippen LogP contribution in [-0.2, 0) is 0 Å². The van der Waals surface area contributed by atoms with Crippen LogP contribution in [0, 0.1) is 0 Å². The summed E-state index contributed by atoms with van der Waals surface area (Å²) in [6.45, 7) is 0. The van der Waals surface area contributed by atoms with Crippen LogP contribution in [0.15, 0.2) is 97.1 Å². The van der Waals surface area contributed by atoms with Crippen molar-refractivity contribution in [2.24, 2.45) is 0 Å². The van der Waals surface area contributed by atoms with Crippen molar-refractivity contribution >= 4 is 34.0 Å². The van der Waals surface area contributed by atoms with Crippen LogP contribution >= 0.6 is 22.7 Å². The van der Waals surface area contributed by atoms with E-state index in [0.29, 0.717) is 0 Å². The highest BCUT2D eigenvalue weighted by molar-refractivity contribution is 7.19. The minimum Gasteiger partial charge on any atom is -0.399 e. The van der Waals surface area contributed by atoms with Crippen molar-refractivity contribution < 1.29 is 0 Å². The third kappa shape index (κ3) is 3.75. The minimum absolute atomic E-state index is 0.791. The maximum absolute atomic E-state index is 5.80. The van der Waals surface area contributed by atoms with Gasteiger partial charge in [-0.25, -0.2) is 0 Å². The van der Waals surface area contributed by atoms with E-state index >= 15 is 0 Å². The van der Waals surface area contributed by atoms with Crippen molar-refractivity contribution in [3.05, 3.63) is 97.1 Å². The summed E-state index contributed by atoms with van der Waals surface area (Å²) < 4.78 is 0. The summed E-state index contributed by atoms with van der Waals surface area (Å²) >= 11 is 3.60. The molecule has 0 aliphatic heterocycles. The van der Waals surface area contributed by atoms with Crippen LogP contribution in [0.5, 0.6) is 0 Å². The lowest BCUT2D eigenvalue weighted by molar-refractivity contribution is 1.67. The fourth-order valence-electron chi connectivity index (χ4n) is 3.39. The van der Waals surface area contributed by atoms with Gasteiger partial charge in [0.25, 0.3) is 0 Å². The summed E-state index contributed by atoms with van der Waals surface area (Å²) in [5.41, 5.74) is 18.1. The SMILES string of the molecule is Nc1ccc(-c2ccc(-c3ccc(-c4ccc(-c5ccc(N)cc5)s4)cc3)s2)cc1. The maximum Gasteiger partial charge on any atom is 0.0349 e. The Kier molecular flexibility index (Phi) is 4.87. The Morgan fingerprint density at radius 1 is 0.333 bits per heavy atom. The largest absolute Gasteiger partial charge is 0.399 e. The van der Waals surface area contributed by atoms with E-state index in [1.165, 1.54) is 41.8 Å². The van der Waals surface area contributed by atoms with Gasteiger partial charge in [-0.15, -0.1) is 22.7 Å². The van der Waals surface area contributed by atoms with Gasteiger partial charge in [0, 0.05) is 30.9 Å². The number of hydrogen-bond acceptors (Lipinski definition) is 4. The van der Waals surface area contributed by atoms with Gasteiger partial charge in [-0.3, -0.25) is 0 Å². The quantitative estimate of drug-likeness (QED) is 0.291. The first-order valence-corrected chi connectivity index (χ1v) is 11.3. The lowest BCUT2D eigenvalue weighted by atomic mass is 10.1. The van der Waals surface area contributed by atoms with Crippen LogP contribution in [-0.4, -0.2) is 0 Å². The molecule has 0 atom stereocenters. The highest BCUT2D eigenvalue weighted by atomic mass is 32.1. The molecule has 2 aromatic heterocycles. The first-order valence-electron chi connectivity index (χ1n) is 9.68. The van der Waals surface area contributed by atoms with Crippen LogP contribution in [0.3, 0.4) is 0 Å². The van der Waals surface area contributed by atoms with Gasteiger partial charge in [-0.05, 0) is 70.8 Å². The molecular weight excluding hydrogens is 404 g/mol. The monoisotopic (exact) mass is 424 g/mol. The molecule has 5 rings (SSSR count). The Balaban J connectivity index is 1.37. The fourth-order valence-corrected chi connectivity index (χ4v) is 5.42. The van der Waals surface area contributed by atoms with Crippen LogP contribution in [0.1, 0.15) is 0 Å². The van der Waals surface area contributed by atoms with E-state index in [0.717, 1.165) is 11.4 Å². The summed E-state index contributed by atoms with van der Waals surface area (Å²) in [7, 11) is 0. The molecule has 0 amide bonds. The molecular formula is C26H20N2S2.